The van der Waals surface area contributed by atoms with Crippen molar-refractivity contribution in [2.45, 2.75) is 32.8 Å². The first kappa shape index (κ1) is 15.5. The smallest absolute Gasteiger partial charge is 0.260 e. The Morgan fingerprint density at radius 2 is 2.05 bits per heavy atom. The van der Waals surface area contributed by atoms with Crippen molar-refractivity contribution < 1.29 is 14.6 Å². The monoisotopic (exact) mass is 265 g/mol. The summed E-state index contributed by atoms with van der Waals surface area (Å²) in [4.78, 5) is 13.2. The molecule has 0 heterocycles. The fourth-order valence-electron chi connectivity index (χ4n) is 1.72. The van der Waals surface area contributed by atoms with Gasteiger partial charge in [0.05, 0.1) is 6.10 Å². The van der Waals surface area contributed by atoms with Crippen LogP contribution in [0.5, 0.6) is 5.75 Å². The maximum Gasteiger partial charge on any atom is 0.260 e. The Bertz CT molecular complexity index is 416. The minimum Gasteiger partial charge on any atom is -0.484 e. The maximum absolute atomic E-state index is 11.8. The van der Waals surface area contributed by atoms with E-state index in [0.29, 0.717) is 18.2 Å². The number of ether oxygens (including phenoxy) is 1. The third-order valence-electron chi connectivity index (χ3n) is 2.85. The summed E-state index contributed by atoms with van der Waals surface area (Å²) in [7, 11) is 1.66. The zero-order valence-electron chi connectivity index (χ0n) is 12.1. The summed E-state index contributed by atoms with van der Waals surface area (Å²) in [5.41, 5.74) is 1.18. The van der Waals surface area contributed by atoms with Gasteiger partial charge in [0.2, 0.25) is 0 Å². The van der Waals surface area contributed by atoms with E-state index in [1.807, 2.05) is 24.3 Å². The highest BCUT2D eigenvalue weighted by Crippen LogP contribution is 2.20. The summed E-state index contributed by atoms with van der Waals surface area (Å²) < 4.78 is 5.49. The van der Waals surface area contributed by atoms with Gasteiger partial charge in [-0.3, -0.25) is 4.79 Å². The van der Waals surface area contributed by atoms with E-state index in [4.69, 9.17) is 4.74 Å². The van der Waals surface area contributed by atoms with Crippen molar-refractivity contribution in [1.82, 2.24) is 4.90 Å². The van der Waals surface area contributed by atoms with Gasteiger partial charge in [0.15, 0.2) is 6.61 Å². The van der Waals surface area contributed by atoms with Gasteiger partial charge in [-0.1, -0.05) is 26.0 Å². The summed E-state index contributed by atoms with van der Waals surface area (Å²) in [5.74, 6) is 0.984. The number of rotatable bonds is 6. The van der Waals surface area contributed by atoms with Gasteiger partial charge in [0, 0.05) is 13.6 Å². The minimum atomic E-state index is -0.529. The summed E-state index contributed by atoms with van der Waals surface area (Å²) in [5, 5.41) is 9.22. The van der Waals surface area contributed by atoms with E-state index < -0.39 is 6.10 Å². The van der Waals surface area contributed by atoms with Crippen molar-refractivity contribution in [2.24, 2.45) is 0 Å². The van der Waals surface area contributed by atoms with Crippen LogP contribution < -0.4 is 4.74 Å². The highest BCUT2D eigenvalue weighted by atomic mass is 16.5. The van der Waals surface area contributed by atoms with Crippen molar-refractivity contribution in [3.8, 4) is 5.75 Å². The summed E-state index contributed by atoms with van der Waals surface area (Å²) in [6.45, 7) is 6.18. The predicted molar refractivity (Wildman–Crippen MR) is 75.3 cm³/mol. The second-order valence-electron chi connectivity index (χ2n) is 5.14. The molecule has 4 nitrogen and oxygen atoms in total. The van der Waals surface area contributed by atoms with Crippen LogP contribution in [0.25, 0.3) is 0 Å². The van der Waals surface area contributed by atoms with Crippen molar-refractivity contribution in [3.05, 3.63) is 29.8 Å². The second-order valence-corrected chi connectivity index (χ2v) is 5.14. The Balaban J connectivity index is 2.52. The molecule has 1 atom stereocenters. The van der Waals surface area contributed by atoms with E-state index in [1.165, 1.54) is 10.5 Å². The summed E-state index contributed by atoms with van der Waals surface area (Å²) in [6.07, 6.45) is -0.529. The van der Waals surface area contributed by atoms with Crippen LogP contribution in [0.4, 0.5) is 0 Å². The number of benzene rings is 1. The van der Waals surface area contributed by atoms with E-state index in [1.54, 1.807) is 14.0 Å². The fraction of sp³-hybridized carbons (Fsp3) is 0.533. The molecule has 0 saturated heterocycles. The lowest BCUT2D eigenvalue weighted by Crippen LogP contribution is -2.36. The van der Waals surface area contributed by atoms with E-state index >= 15 is 0 Å². The normalized spacial score (nSPS) is 12.3. The van der Waals surface area contributed by atoms with Crippen molar-refractivity contribution in [1.29, 1.82) is 0 Å². The van der Waals surface area contributed by atoms with Crippen LogP contribution in [0, 0.1) is 0 Å². The van der Waals surface area contributed by atoms with Crippen LogP contribution in [0.1, 0.15) is 32.3 Å². The Morgan fingerprint density at radius 1 is 1.37 bits per heavy atom. The lowest BCUT2D eigenvalue weighted by Gasteiger charge is -2.19. The number of aliphatic hydroxyl groups excluding tert-OH is 1. The molecule has 106 valence electrons. The van der Waals surface area contributed by atoms with Crippen molar-refractivity contribution >= 4 is 5.91 Å². The largest absolute Gasteiger partial charge is 0.484 e. The average molecular weight is 265 g/mol. The molecule has 1 rings (SSSR count). The third-order valence-corrected chi connectivity index (χ3v) is 2.85. The van der Waals surface area contributed by atoms with Gasteiger partial charge in [-0.2, -0.15) is 0 Å². The molecule has 0 aliphatic carbocycles. The van der Waals surface area contributed by atoms with Gasteiger partial charge in [-0.25, -0.2) is 0 Å². The molecule has 0 radical (unpaired) electrons. The molecule has 1 amide bonds. The number of likely N-dealkylation sites (N-methyl/N-ethyl adjacent to an activating group) is 1. The zero-order chi connectivity index (χ0) is 14.4. The standard InChI is InChI=1S/C15H23NO3/c1-11(2)13-6-5-7-14(8-13)19-10-15(18)16(4)9-12(3)17/h5-8,11-12,17H,9-10H2,1-4H3. The predicted octanol–water partition coefficient (Wildman–Crippen LogP) is 2.03. The number of hydrogen-bond acceptors (Lipinski definition) is 3. The molecule has 19 heavy (non-hydrogen) atoms. The first-order valence-corrected chi connectivity index (χ1v) is 6.55. The zero-order valence-corrected chi connectivity index (χ0v) is 12.1. The van der Waals surface area contributed by atoms with Gasteiger partial charge in [-0.15, -0.1) is 0 Å². The molecule has 1 N–H and O–H groups in total. The van der Waals surface area contributed by atoms with Gasteiger partial charge in [0.25, 0.3) is 5.91 Å². The van der Waals surface area contributed by atoms with Crippen LogP contribution in [0.3, 0.4) is 0 Å². The number of nitrogens with zero attached hydrogens (tertiary/aromatic N) is 1. The average Bonchev–Trinajstić information content (AvgIpc) is 2.35. The van der Waals surface area contributed by atoms with Crippen LogP contribution in [-0.4, -0.2) is 42.2 Å². The van der Waals surface area contributed by atoms with Gasteiger partial charge < -0.3 is 14.7 Å². The quantitative estimate of drug-likeness (QED) is 0.856. The molecule has 4 heteroatoms. The van der Waals surface area contributed by atoms with Crippen LogP contribution in [0.2, 0.25) is 0 Å². The molecule has 0 saturated carbocycles. The van der Waals surface area contributed by atoms with Crippen LogP contribution in [0.15, 0.2) is 24.3 Å². The molecule has 0 aliphatic rings. The molecular weight excluding hydrogens is 242 g/mol. The van der Waals surface area contributed by atoms with Gasteiger partial charge in [-0.05, 0) is 30.5 Å². The second kappa shape index (κ2) is 7.14. The number of carbonyl (C=O) groups is 1. The summed E-state index contributed by atoms with van der Waals surface area (Å²) >= 11 is 0. The molecule has 0 fully saturated rings. The number of amides is 1. The molecule has 1 aromatic carbocycles. The van der Waals surface area contributed by atoms with Gasteiger partial charge in [0.1, 0.15) is 5.75 Å². The van der Waals surface area contributed by atoms with Crippen molar-refractivity contribution in [2.75, 3.05) is 20.2 Å². The molecule has 0 aromatic heterocycles. The highest BCUT2D eigenvalue weighted by molar-refractivity contribution is 5.77. The first-order valence-electron chi connectivity index (χ1n) is 6.55. The Kier molecular flexibility index (Phi) is 5.83. The Morgan fingerprint density at radius 3 is 2.63 bits per heavy atom. The van der Waals surface area contributed by atoms with E-state index in [2.05, 4.69) is 13.8 Å². The van der Waals surface area contributed by atoms with Gasteiger partial charge >= 0.3 is 0 Å². The molecule has 0 bridgehead atoms. The van der Waals surface area contributed by atoms with Crippen LogP contribution in [-0.2, 0) is 4.79 Å². The number of carbonyl (C=O) groups excluding carboxylic acids is 1. The highest BCUT2D eigenvalue weighted by Gasteiger charge is 2.11. The number of aliphatic hydroxyl groups is 1. The van der Waals surface area contributed by atoms with Crippen LogP contribution >= 0.6 is 0 Å². The summed E-state index contributed by atoms with van der Waals surface area (Å²) in [6, 6.07) is 7.76. The number of hydrogen-bond donors (Lipinski definition) is 1. The molecular formula is C15H23NO3. The SMILES string of the molecule is CC(O)CN(C)C(=O)COc1cccc(C(C)C)c1. The Hall–Kier alpha value is -1.55. The van der Waals surface area contributed by atoms with E-state index in [0.717, 1.165) is 0 Å². The minimum absolute atomic E-state index is 0.00916. The Labute approximate surface area is 115 Å². The van der Waals surface area contributed by atoms with E-state index in [9.17, 15) is 9.90 Å². The first-order chi connectivity index (χ1) is 8.90. The fourth-order valence-corrected chi connectivity index (χ4v) is 1.72. The lowest BCUT2D eigenvalue weighted by molar-refractivity contribution is -0.133. The maximum atomic E-state index is 11.8. The topological polar surface area (TPSA) is 49.8 Å². The third kappa shape index (κ3) is 5.30. The van der Waals surface area contributed by atoms with E-state index in [-0.39, 0.29) is 12.5 Å². The van der Waals surface area contributed by atoms with Crippen molar-refractivity contribution in [3.63, 3.8) is 0 Å². The molecule has 0 spiro atoms. The molecule has 1 unspecified atom stereocenters. The molecule has 1 aromatic rings. The lowest BCUT2D eigenvalue weighted by atomic mass is 10.0. The molecule has 0 aliphatic heterocycles.